The number of carbonyl (C=O) groups is 2. The van der Waals surface area contributed by atoms with Crippen LogP contribution in [0.4, 0.5) is 0 Å². The van der Waals surface area contributed by atoms with Crippen molar-refractivity contribution in [2.75, 3.05) is 32.8 Å². The zero-order valence-corrected chi connectivity index (χ0v) is 19.5. The first-order valence-electron chi connectivity index (χ1n) is 11.4. The molecule has 33 heavy (non-hydrogen) atoms. The first-order valence-corrected chi connectivity index (χ1v) is 11.4. The van der Waals surface area contributed by atoms with Crippen LogP contribution >= 0.6 is 0 Å². The Morgan fingerprint density at radius 1 is 1.00 bits per heavy atom. The number of amides is 1. The highest BCUT2D eigenvalue weighted by Crippen LogP contribution is 2.39. The van der Waals surface area contributed by atoms with Crippen molar-refractivity contribution in [2.24, 2.45) is 0 Å². The summed E-state index contributed by atoms with van der Waals surface area (Å²) in [6.07, 6.45) is 0.880. The van der Waals surface area contributed by atoms with Gasteiger partial charge in [-0.25, -0.2) is 0 Å². The second kappa shape index (κ2) is 11.0. The third kappa shape index (κ3) is 5.37. The molecule has 1 fully saturated rings. The Hall–Kier alpha value is -3.32. The molecule has 1 atom stereocenters. The number of benzene rings is 2. The summed E-state index contributed by atoms with van der Waals surface area (Å²) in [7, 11) is 0. The fraction of sp³-hybridized carbons (Fsp3) is 0.385. The molecule has 1 aliphatic heterocycles. The molecule has 2 aromatic carbocycles. The molecule has 2 N–H and O–H groups in total. The van der Waals surface area contributed by atoms with Gasteiger partial charge in [0.25, 0.3) is 11.7 Å². The number of Topliss-reactive ketones (excluding diaryl/α,β-unsaturated/α-hetero) is 1. The van der Waals surface area contributed by atoms with Gasteiger partial charge in [0.15, 0.2) is 0 Å². The number of phenols is 1. The maximum Gasteiger partial charge on any atom is 0.295 e. The van der Waals surface area contributed by atoms with Gasteiger partial charge in [-0.15, -0.1) is 0 Å². The smallest absolute Gasteiger partial charge is 0.295 e. The number of likely N-dealkylation sites (N-methyl/N-ethyl adjacent to an activating group) is 1. The van der Waals surface area contributed by atoms with Gasteiger partial charge in [-0.05, 0) is 61.5 Å². The van der Waals surface area contributed by atoms with Crippen molar-refractivity contribution < 1.29 is 24.5 Å². The van der Waals surface area contributed by atoms with Crippen molar-refractivity contribution in [2.45, 2.75) is 33.2 Å². The summed E-state index contributed by atoms with van der Waals surface area (Å²) in [5.41, 5.74) is 1.13. The van der Waals surface area contributed by atoms with Crippen LogP contribution in [0.3, 0.4) is 0 Å². The van der Waals surface area contributed by atoms with Crippen LogP contribution < -0.4 is 4.74 Å². The lowest BCUT2D eigenvalue weighted by Crippen LogP contribution is -2.38. The molecule has 7 nitrogen and oxygen atoms in total. The largest absolute Gasteiger partial charge is 0.508 e. The number of phenolic OH excluding ortho intramolecular Hbond substituents is 1. The SMILES string of the molecule is CCCOc1ccc(C(O)=C2C(=O)C(=O)N(CCN(CC)CC)C2c2ccc(O)cc2)cc1. The van der Waals surface area contributed by atoms with Gasteiger partial charge in [0.2, 0.25) is 0 Å². The molecule has 3 rings (SSSR count). The van der Waals surface area contributed by atoms with E-state index in [9.17, 15) is 19.8 Å². The van der Waals surface area contributed by atoms with Crippen molar-refractivity contribution >= 4 is 17.4 Å². The number of aromatic hydroxyl groups is 1. The predicted molar refractivity (Wildman–Crippen MR) is 127 cm³/mol. The van der Waals surface area contributed by atoms with Gasteiger partial charge in [0.05, 0.1) is 18.2 Å². The van der Waals surface area contributed by atoms with Gasteiger partial charge in [0.1, 0.15) is 17.3 Å². The molecule has 0 bridgehead atoms. The maximum absolute atomic E-state index is 13.1. The van der Waals surface area contributed by atoms with E-state index in [2.05, 4.69) is 4.90 Å². The lowest BCUT2D eigenvalue weighted by molar-refractivity contribution is -0.140. The van der Waals surface area contributed by atoms with Gasteiger partial charge in [-0.2, -0.15) is 0 Å². The van der Waals surface area contributed by atoms with E-state index in [0.717, 1.165) is 19.5 Å². The molecule has 1 saturated heterocycles. The van der Waals surface area contributed by atoms with Crippen molar-refractivity contribution in [3.8, 4) is 11.5 Å². The average molecular weight is 453 g/mol. The highest BCUT2D eigenvalue weighted by Gasteiger charge is 2.45. The van der Waals surface area contributed by atoms with E-state index in [4.69, 9.17) is 4.74 Å². The number of carbonyl (C=O) groups excluding carboxylic acids is 2. The summed E-state index contributed by atoms with van der Waals surface area (Å²) in [5.74, 6) is -0.815. The van der Waals surface area contributed by atoms with Crippen molar-refractivity contribution in [1.29, 1.82) is 0 Å². The number of rotatable bonds is 10. The Morgan fingerprint density at radius 3 is 2.21 bits per heavy atom. The van der Waals surface area contributed by atoms with E-state index in [0.29, 0.717) is 36.6 Å². The lowest BCUT2D eigenvalue weighted by Gasteiger charge is -2.28. The fourth-order valence-corrected chi connectivity index (χ4v) is 3.99. The maximum atomic E-state index is 13.1. The second-order valence-corrected chi connectivity index (χ2v) is 7.98. The minimum absolute atomic E-state index is 0.0486. The standard InChI is InChI=1S/C26H32N2O5/c1-4-17-33-21-13-9-19(10-14-21)24(30)22-23(18-7-11-20(29)12-8-18)28(26(32)25(22)31)16-15-27(5-2)6-3/h7-14,23,29-30H,4-6,15-17H2,1-3H3. The van der Waals surface area contributed by atoms with Crippen molar-refractivity contribution in [3.05, 3.63) is 65.2 Å². The molecule has 2 aromatic rings. The monoisotopic (exact) mass is 452 g/mol. The van der Waals surface area contributed by atoms with E-state index in [-0.39, 0.29) is 17.1 Å². The van der Waals surface area contributed by atoms with Gasteiger partial charge >= 0.3 is 0 Å². The van der Waals surface area contributed by atoms with Crippen LogP contribution in [-0.4, -0.2) is 64.5 Å². The molecule has 0 aromatic heterocycles. The fourth-order valence-electron chi connectivity index (χ4n) is 3.99. The third-order valence-corrected chi connectivity index (χ3v) is 5.90. The number of nitrogens with zero attached hydrogens (tertiary/aromatic N) is 2. The second-order valence-electron chi connectivity index (χ2n) is 7.98. The van der Waals surface area contributed by atoms with Crippen LogP contribution in [-0.2, 0) is 9.59 Å². The quantitative estimate of drug-likeness (QED) is 0.322. The van der Waals surface area contributed by atoms with E-state index < -0.39 is 17.7 Å². The summed E-state index contributed by atoms with van der Waals surface area (Å²) in [4.78, 5) is 29.8. The lowest BCUT2D eigenvalue weighted by atomic mass is 9.95. The number of likely N-dealkylation sites (tertiary alicyclic amines) is 1. The molecule has 176 valence electrons. The molecule has 7 heteroatoms. The Kier molecular flexibility index (Phi) is 8.11. The molecule has 0 saturated carbocycles. The molecule has 0 radical (unpaired) electrons. The molecular weight excluding hydrogens is 420 g/mol. The molecule has 0 aliphatic carbocycles. The Labute approximate surface area is 194 Å². The molecule has 1 aliphatic rings. The van der Waals surface area contributed by atoms with Crippen LogP contribution in [0.25, 0.3) is 5.76 Å². The Morgan fingerprint density at radius 2 is 1.64 bits per heavy atom. The van der Waals surface area contributed by atoms with Gasteiger partial charge in [0, 0.05) is 18.7 Å². The molecule has 1 unspecified atom stereocenters. The van der Waals surface area contributed by atoms with Crippen LogP contribution in [0.15, 0.2) is 54.1 Å². The normalized spacial score (nSPS) is 17.7. The van der Waals surface area contributed by atoms with Crippen LogP contribution in [0, 0.1) is 0 Å². The number of aliphatic hydroxyl groups is 1. The van der Waals surface area contributed by atoms with E-state index in [1.807, 2.05) is 20.8 Å². The molecular formula is C26H32N2O5. The Balaban J connectivity index is 2.02. The third-order valence-electron chi connectivity index (χ3n) is 5.90. The van der Waals surface area contributed by atoms with E-state index >= 15 is 0 Å². The minimum Gasteiger partial charge on any atom is -0.508 e. The molecule has 1 heterocycles. The highest BCUT2D eigenvalue weighted by atomic mass is 16.5. The van der Waals surface area contributed by atoms with Gasteiger partial charge in [-0.1, -0.05) is 32.9 Å². The van der Waals surface area contributed by atoms with E-state index in [1.165, 1.54) is 17.0 Å². The zero-order valence-electron chi connectivity index (χ0n) is 19.5. The number of hydrogen-bond donors (Lipinski definition) is 2. The zero-order chi connectivity index (χ0) is 24.0. The molecule has 0 spiro atoms. The van der Waals surface area contributed by atoms with Crippen LogP contribution in [0.5, 0.6) is 11.5 Å². The molecule has 1 amide bonds. The topological polar surface area (TPSA) is 90.3 Å². The first-order chi connectivity index (χ1) is 15.9. The Bertz CT molecular complexity index is 994. The summed E-state index contributed by atoms with van der Waals surface area (Å²) >= 11 is 0. The average Bonchev–Trinajstić information content (AvgIpc) is 3.08. The predicted octanol–water partition coefficient (Wildman–Crippen LogP) is 3.94. The highest BCUT2D eigenvalue weighted by molar-refractivity contribution is 6.46. The number of ether oxygens (including phenoxy) is 1. The van der Waals surface area contributed by atoms with E-state index in [1.54, 1.807) is 36.4 Å². The first kappa shape index (κ1) is 24.3. The van der Waals surface area contributed by atoms with Gasteiger partial charge < -0.3 is 24.7 Å². The number of hydrogen-bond acceptors (Lipinski definition) is 6. The summed E-state index contributed by atoms with van der Waals surface area (Å²) < 4.78 is 5.59. The van der Waals surface area contributed by atoms with Crippen LogP contribution in [0.2, 0.25) is 0 Å². The van der Waals surface area contributed by atoms with Gasteiger partial charge in [-0.3, -0.25) is 9.59 Å². The minimum atomic E-state index is -0.739. The summed E-state index contributed by atoms with van der Waals surface area (Å²) in [5, 5.41) is 20.9. The van der Waals surface area contributed by atoms with Crippen molar-refractivity contribution in [3.63, 3.8) is 0 Å². The number of aliphatic hydroxyl groups excluding tert-OH is 1. The van der Waals surface area contributed by atoms with Crippen molar-refractivity contribution in [1.82, 2.24) is 9.80 Å². The number of ketones is 1. The summed E-state index contributed by atoms with van der Waals surface area (Å²) in [6, 6.07) is 12.5. The van der Waals surface area contributed by atoms with Crippen LogP contribution in [0.1, 0.15) is 44.4 Å². The summed E-state index contributed by atoms with van der Waals surface area (Å²) in [6.45, 7) is 9.31.